The largest absolute Gasteiger partial charge is 0.496 e. The molecular formula is C15H25NO2. The van der Waals surface area contributed by atoms with Crippen LogP contribution in [-0.4, -0.2) is 24.8 Å². The summed E-state index contributed by atoms with van der Waals surface area (Å²) in [4.78, 5) is 0. The summed E-state index contributed by atoms with van der Waals surface area (Å²) in [5.74, 6) is 1.27. The Hall–Kier alpha value is -1.06. The Morgan fingerprint density at radius 2 is 1.89 bits per heavy atom. The molecule has 0 heterocycles. The first-order valence-electron chi connectivity index (χ1n) is 6.55. The second-order valence-electron chi connectivity index (χ2n) is 5.23. The van der Waals surface area contributed by atoms with Crippen LogP contribution in [0.15, 0.2) is 18.2 Å². The van der Waals surface area contributed by atoms with E-state index in [1.165, 1.54) is 0 Å². The summed E-state index contributed by atoms with van der Waals surface area (Å²) in [6.45, 7) is 8.96. The van der Waals surface area contributed by atoms with Crippen LogP contribution in [0.5, 0.6) is 5.75 Å². The maximum Gasteiger partial charge on any atom is 0.122 e. The molecule has 0 amide bonds. The molecule has 1 rings (SSSR count). The van der Waals surface area contributed by atoms with Gasteiger partial charge in [0.25, 0.3) is 0 Å². The van der Waals surface area contributed by atoms with E-state index in [-0.39, 0.29) is 0 Å². The number of methoxy groups -OCH3 is 1. The second-order valence-corrected chi connectivity index (χ2v) is 5.23. The number of rotatable bonds is 6. The molecule has 0 aromatic heterocycles. The third-order valence-corrected chi connectivity index (χ3v) is 2.98. The smallest absolute Gasteiger partial charge is 0.122 e. The van der Waals surface area contributed by atoms with Crippen LogP contribution in [0.3, 0.4) is 0 Å². The van der Waals surface area contributed by atoms with Gasteiger partial charge in [0.1, 0.15) is 5.75 Å². The number of hydrogen-bond acceptors (Lipinski definition) is 3. The lowest BCUT2D eigenvalue weighted by Gasteiger charge is -2.18. The predicted molar refractivity (Wildman–Crippen MR) is 75.2 cm³/mol. The summed E-state index contributed by atoms with van der Waals surface area (Å²) in [6, 6.07) is 6.28. The lowest BCUT2D eigenvalue weighted by atomic mass is 9.97. The van der Waals surface area contributed by atoms with E-state index in [4.69, 9.17) is 4.74 Å². The molecule has 18 heavy (non-hydrogen) atoms. The standard InChI is InChI=1S/C15H25NO2/c1-10(2)13-8-12(6-7-15(13)18-5)14(17)9-16-11(3)4/h6-8,10-11,14,16-17H,9H2,1-5H3. The quantitative estimate of drug-likeness (QED) is 0.817. The van der Waals surface area contributed by atoms with Crippen molar-refractivity contribution in [3.8, 4) is 5.75 Å². The number of nitrogens with one attached hydrogen (secondary N) is 1. The highest BCUT2D eigenvalue weighted by atomic mass is 16.5. The third kappa shape index (κ3) is 4.00. The van der Waals surface area contributed by atoms with Gasteiger partial charge in [-0.3, -0.25) is 0 Å². The minimum absolute atomic E-state index is 0.377. The van der Waals surface area contributed by atoms with E-state index >= 15 is 0 Å². The number of hydrogen-bond donors (Lipinski definition) is 2. The first kappa shape index (κ1) is 15.0. The van der Waals surface area contributed by atoms with E-state index in [0.717, 1.165) is 16.9 Å². The topological polar surface area (TPSA) is 41.5 Å². The van der Waals surface area contributed by atoms with Crippen molar-refractivity contribution in [2.45, 2.75) is 45.8 Å². The van der Waals surface area contributed by atoms with Crippen molar-refractivity contribution >= 4 is 0 Å². The molecule has 0 aliphatic carbocycles. The molecule has 0 aliphatic heterocycles. The number of benzene rings is 1. The minimum atomic E-state index is -0.476. The molecule has 0 radical (unpaired) electrons. The van der Waals surface area contributed by atoms with Gasteiger partial charge in [-0.1, -0.05) is 33.8 Å². The van der Waals surface area contributed by atoms with Gasteiger partial charge in [0, 0.05) is 12.6 Å². The molecule has 1 atom stereocenters. The zero-order valence-electron chi connectivity index (χ0n) is 12.0. The van der Waals surface area contributed by atoms with Gasteiger partial charge in [0.15, 0.2) is 0 Å². The van der Waals surface area contributed by atoms with Crippen LogP contribution in [0.4, 0.5) is 0 Å². The Morgan fingerprint density at radius 1 is 1.22 bits per heavy atom. The summed E-state index contributed by atoms with van der Waals surface area (Å²) in [7, 11) is 1.68. The average Bonchev–Trinajstić information content (AvgIpc) is 2.34. The first-order valence-corrected chi connectivity index (χ1v) is 6.55. The lowest BCUT2D eigenvalue weighted by molar-refractivity contribution is 0.171. The van der Waals surface area contributed by atoms with Crippen LogP contribution in [0.1, 0.15) is 50.8 Å². The van der Waals surface area contributed by atoms with Crippen LogP contribution in [0.25, 0.3) is 0 Å². The van der Waals surface area contributed by atoms with Gasteiger partial charge in [-0.15, -0.1) is 0 Å². The Kier molecular flexibility index (Phi) is 5.63. The van der Waals surface area contributed by atoms with Crippen LogP contribution >= 0.6 is 0 Å². The van der Waals surface area contributed by atoms with Crippen LogP contribution in [0, 0.1) is 0 Å². The number of aliphatic hydroxyl groups is 1. The van der Waals surface area contributed by atoms with Crippen LogP contribution < -0.4 is 10.1 Å². The van der Waals surface area contributed by atoms with Crippen molar-refractivity contribution in [1.29, 1.82) is 0 Å². The Morgan fingerprint density at radius 3 is 2.39 bits per heavy atom. The Labute approximate surface area is 110 Å². The zero-order chi connectivity index (χ0) is 13.7. The molecule has 0 fully saturated rings. The summed E-state index contributed by atoms with van der Waals surface area (Å²) in [5.41, 5.74) is 2.08. The number of aliphatic hydroxyl groups excluding tert-OH is 1. The van der Waals surface area contributed by atoms with Gasteiger partial charge >= 0.3 is 0 Å². The molecule has 1 aromatic carbocycles. The van der Waals surface area contributed by atoms with Gasteiger partial charge < -0.3 is 15.2 Å². The summed E-state index contributed by atoms with van der Waals surface area (Å²) in [5, 5.41) is 13.4. The lowest BCUT2D eigenvalue weighted by Crippen LogP contribution is -2.27. The molecule has 102 valence electrons. The highest BCUT2D eigenvalue weighted by Gasteiger charge is 2.13. The summed E-state index contributed by atoms with van der Waals surface area (Å²) in [6.07, 6.45) is -0.476. The van der Waals surface area contributed by atoms with Gasteiger partial charge in [-0.25, -0.2) is 0 Å². The van der Waals surface area contributed by atoms with Gasteiger partial charge in [-0.2, -0.15) is 0 Å². The van der Waals surface area contributed by atoms with E-state index in [1.54, 1.807) is 7.11 Å². The highest BCUT2D eigenvalue weighted by Crippen LogP contribution is 2.29. The molecule has 0 aliphatic rings. The first-order chi connectivity index (χ1) is 8.45. The van der Waals surface area contributed by atoms with Crippen molar-refractivity contribution in [2.75, 3.05) is 13.7 Å². The van der Waals surface area contributed by atoms with Gasteiger partial charge in [0.2, 0.25) is 0 Å². The maximum absolute atomic E-state index is 10.1. The molecule has 3 nitrogen and oxygen atoms in total. The van der Waals surface area contributed by atoms with Gasteiger partial charge in [0.05, 0.1) is 13.2 Å². The Bertz CT molecular complexity index is 375. The summed E-state index contributed by atoms with van der Waals surface area (Å²) >= 11 is 0. The SMILES string of the molecule is COc1ccc(C(O)CNC(C)C)cc1C(C)C. The predicted octanol–water partition coefficient (Wildman–Crippen LogP) is 2.85. The molecular weight excluding hydrogens is 226 g/mol. The Balaban J connectivity index is 2.86. The molecule has 1 aromatic rings. The fraction of sp³-hybridized carbons (Fsp3) is 0.600. The van der Waals surface area contributed by atoms with Crippen molar-refractivity contribution in [2.24, 2.45) is 0 Å². The third-order valence-electron chi connectivity index (χ3n) is 2.98. The molecule has 0 saturated heterocycles. The normalized spacial score (nSPS) is 13.1. The average molecular weight is 251 g/mol. The monoisotopic (exact) mass is 251 g/mol. The molecule has 2 N–H and O–H groups in total. The van der Waals surface area contributed by atoms with Crippen molar-refractivity contribution in [3.05, 3.63) is 29.3 Å². The molecule has 1 unspecified atom stereocenters. The second kappa shape index (κ2) is 6.76. The molecule has 0 spiro atoms. The van der Waals surface area contributed by atoms with Crippen LogP contribution in [0.2, 0.25) is 0 Å². The molecule has 0 bridgehead atoms. The summed E-state index contributed by atoms with van der Waals surface area (Å²) < 4.78 is 5.34. The fourth-order valence-electron chi connectivity index (χ4n) is 1.88. The van der Waals surface area contributed by atoms with Crippen molar-refractivity contribution < 1.29 is 9.84 Å². The van der Waals surface area contributed by atoms with Crippen LogP contribution in [-0.2, 0) is 0 Å². The molecule has 0 saturated carbocycles. The van der Waals surface area contributed by atoms with Crippen molar-refractivity contribution in [1.82, 2.24) is 5.32 Å². The minimum Gasteiger partial charge on any atom is -0.496 e. The van der Waals surface area contributed by atoms with E-state index in [0.29, 0.717) is 18.5 Å². The zero-order valence-corrected chi connectivity index (χ0v) is 12.0. The van der Waals surface area contributed by atoms with E-state index < -0.39 is 6.10 Å². The molecule has 3 heteroatoms. The van der Waals surface area contributed by atoms with E-state index in [2.05, 4.69) is 33.0 Å². The van der Waals surface area contributed by atoms with Crippen molar-refractivity contribution in [3.63, 3.8) is 0 Å². The van der Waals surface area contributed by atoms with E-state index in [9.17, 15) is 5.11 Å². The maximum atomic E-state index is 10.1. The van der Waals surface area contributed by atoms with Gasteiger partial charge in [-0.05, 0) is 29.2 Å². The highest BCUT2D eigenvalue weighted by molar-refractivity contribution is 5.40. The fourth-order valence-corrected chi connectivity index (χ4v) is 1.88. The van der Waals surface area contributed by atoms with E-state index in [1.807, 2.05) is 18.2 Å². The number of ether oxygens (including phenoxy) is 1.